The molecule has 1 aliphatic rings. The van der Waals surface area contributed by atoms with E-state index in [1.807, 2.05) is 0 Å². The third-order valence-electron chi connectivity index (χ3n) is 4.49. The van der Waals surface area contributed by atoms with Crippen LogP contribution in [0.25, 0.3) is 0 Å². The van der Waals surface area contributed by atoms with Gasteiger partial charge in [0.2, 0.25) is 0 Å². The van der Waals surface area contributed by atoms with E-state index in [9.17, 15) is 0 Å². The molecule has 1 N–H and O–H groups in total. The molecule has 0 amide bonds. The van der Waals surface area contributed by atoms with Gasteiger partial charge in [-0.25, -0.2) is 0 Å². The number of aryl methyl sites for hydroxylation is 2. The van der Waals surface area contributed by atoms with E-state index < -0.39 is 0 Å². The summed E-state index contributed by atoms with van der Waals surface area (Å²) in [6.45, 7) is 8.77. The van der Waals surface area contributed by atoms with E-state index in [1.54, 1.807) is 0 Å². The molecule has 0 aliphatic carbocycles. The zero-order valence-corrected chi connectivity index (χ0v) is 13.0. The predicted octanol–water partition coefficient (Wildman–Crippen LogP) is 3.45. The molecule has 1 saturated heterocycles. The monoisotopic (exact) mass is 280 g/mol. The molecule has 2 aromatic rings. The quantitative estimate of drug-likeness (QED) is 0.926. The summed E-state index contributed by atoms with van der Waals surface area (Å²) in [6, 6.07) is 17.8. The van der Waals surface area contributed by atoms with Crippen LogP contribution in [0.3, 0.4) is 0 Å². The SMILES string of the molecule is Cc1cccc(C)c1CN1CCNC(c2ccccc2)C1. The topological polar surface area (TPSA) is 15.3 Å². The van der Waals surface area contributed by atoms with Gasteiger partial charge >= 0.3 is 0 Å². The number of piperazine rings is 1. The van der Waals surface area contributed by atoms with Crippen molar-refractivity contribution in [3.8, 4) is 0 Å². The molecule has 1 heterocycles. The van der Waals surface area contributed by atoms with Crippen LogP contribution in [0.2, 0.25) is 0 Å². The third-order valence-corrected chi connectivity index (χ3v) is 4.49. The minimum absolute atomic E-state index is 0.448. The number of nitrogens with one attached hydrogen (secondary N) is 1. The lowest BCUT2D eigenvalue weighted by Crippen LogP contribution is -2.45. The van der Waals surface area contributed by atoms with E-state index >= 15 is 0 Å². The van der Waals surface area contributed by atoms with Crippen LogP contribution >= 0.6 is 0 Å². The van der Waals surface area contributed by atoms with Crippen molar-refractivity contribution in [3.63, 3.8) is 0 Å². The molecule has 1 aliphatic heterocycles. The molecule has 3 rings (SSSR count). The van der Waals surface area contributed by atoms with Gasteiger partial charge in [0.1, 0.15) is 0 Å². The fourth-order valence-electron chi connectivity index (χ4n) is 3.19. The van der Waals surface area contributed by atoms with E-state index in [-0.39, 0.29) is 0 Å². The summed E-state index contributed by atoms with van der Waals surface area (Å²) in [5.74, 6) is 0. The lowest BCUT2D eigenvalue weighted by molar-refractivity contribution is 0.192. The Morgan fingerprint density at radius 2 is 1.71 bits per heavy atom. The average molecular weight is 280 g/mol. The largest absolute Gasteiger partial charge is 0.308 e. The Labute approximate surface area is 127 Å². The van der Waals surface area contributed by atoms with Crippen molar-refractivity contribution in [2.24, 2.45) is 0 Å². The summed E-state index contributed by atoms with van der Waals surface area (Å²) in [6.07, 6.45) is 0. The lowest BCUT2D eigenvalue weighted by atomic mass is 10.0. The minimum Gasteiger partial charge on any atom is -0.308 e. The molecule has 0 radical (unpaired) electrons. The Hall–Kier alpha value is -1.64. The first-order chi connectivity index (χ1) is 10.2. The van der Waals surface area contributed by atoms with Gasteiger partial charge in [0.05, 0.1) is 0 Å². The maximum absolute atomic E-state index is 3.64. The van der Waals surface area contributed by atoms with Gasteiger partial charge in [0.15, 0.2) is 0 Å². The first kappa shape index (κ1) is 14.3. The average Bonchev–Trinajstić information content (AvgIpc) is 2.52. The fraction of sp³-hybridized carbons (Fsp3) is 0.368. The van der Waals surface area contributed by atoms with Crippen LogP contribution in [0.15, 0.2) is 48.5 Å². The van der Waals surface area contributed by atoms with Gasteiger partial charge in [0, 0.05) is 32.2 Å². The highest BCUT2D eigenvalue weighted by Crippen LogP contribution is 2.21. The first-order valence-corrected chi connectivity index (χ1v) is 7.80. The van der Waals surface area contributed by atoms with Crippen LogP contribution in [0, 0.1) is 13.8 Å². The molecular weight excluding hydrogens is 256 g/mol. The van der Waals surface area contributed by atoms with Crippen LogP contribution in [0.5, 0.6) is 0 Å². The number of nitrogens with zero attached hydrogens (tertiary/aromatic N) is 1. The lowest BCUT2D eigenvalue weighted by Gasteiger charge is -2.34. The summed E-state index contributed by atoms with van der Waals surface area (Å²) in [5, 5.41) is 3.64. The molecule has 0 spiro atoms. The van der Waals surface area contributed by atoms with Crippen molar-refractivity contribution in [1.29, 1.82) is 0 Å². The van der Waals surface area contributed by atoms with Crippen LogP contribution in [-0.4, -0.2) is 24.5 Å². The Kier molecular flexibility index (Phi) is 4.37. The van der Waals surface area contributed by atoms with E-state index in [0.29, 0.717) is 6.04 Å². The van der Waals surface area contributed by atoms with Gasteiger partial charge < -0.3 is 5.32 Å². The molecule has 2 nitrogen and oxygen atoms in total. The zero-order chi connectivity index (χ0) is 14.7. The van der Waals surface area contributed by atoms with E-state index in [4.69, 9.17) is 0 Å². The van der Waals surface area contributed by atoms with Gasteiger partial charge in [-0.05, 0) is 36.1 Å². The van der Waals surface area contributed by atoms with Crippen LogP contribution in [0.1, 0.15) is 28.3 Å². The van der Waals surface area contributed by atoms with Gasteiger partial charge in [-0.3, -0.25) is 4.90 Å². The molecule has 1 atom stereocenters. The fourth-order valence-corrected chi connectivity index (χ4v) is 3.19. The molecular formula is C19H24N2. The molecule has 1 fully saturated rings. The zero-order valence-electron chi connectivity index (χ0n) is 13.0. The van der Waals surface area contributed by atoms with Crippen molar-refractivity contribution in [3.05, 3.63) is 70.8 Å². The van der Waals surface area contributed by atoms with Crippen molar-refractivity contribution in [2.75, 3.05) is 19.6 Å². The van der Waals surface area contributed by atoms with Crippen LogP contribution in [0.4, 0.5) is 0 Å². The molecule has 0 bridgehead atoms. The molecule has 0 aromatic heterocycles. The Morgan fingerprint density at radius 1 is 1.00 bits per heavy atom. The Balaban J connectivity index is 1.72. The second-order valence-corrected chi connectivity index (χ2v) is 6.02. The Morgan fingerprint density at radius 3 is 2.43 bits per heavy atom. The summed E-state index contributed by atoms with van der Waals surface area (Å²) < 4.78 is 0. The second kappa shape index (κ2) is 6.42. The van der Waals surface area contributed by atoms with Gasteiger partial charge in [0.25, 0.3) is 0 Å². The van der Waals surface area contributed by atoms with E-state index in [1.165, 1.54) is 22.3 Å². The van der Waals surface area contributed by atoms with Crippen molar-refractivity contribution in [1.82, 2.24) is 10.2 Å². The summed E-state index contributed by atoms with van der Waals surface area (Å²) >= 11 is 0. The molecule has 0 saturated carbocycles. The summed E-state index contributed by atoms with van der Waals surface area (Å²) in [7, 11) is 0. The van der Waals surface area contributed by atoms with Gasteiger partial charge in [-0.15, -0.1) is 0 Å². The molecule has 1 unspecified atom stereocenters. The molecule has 2 aromatic carbocycles. The van der Waals surface area contributed by atoms with Crippen molar-refractivity contribution >= 4 is 0 Å². The highest BCUT2D eigenvalue weighted by molar-refractivity contribution is 5.33. The number of rotatable bonds is 3. The smallest absolute Gasteiger partial charge is 0.0449 e. The maximum Gasteiger partial charge on any atom is 0.0449 e. The van der Waals surface area contributed by atoms with Crippen LogP contribution in [-0.2, 0) is 6.54 Å². The molecule has 2 heteroatoms. The van der Waals surface area contributed by atoms with Crippen LogP contribution < -0.4 is 5.32 Å². The first-order valence-electron chi connectivity index (χ1n) is 7.80. The summed E-state index contributed by atoms with van der Waals surface area (Å²) in [5.41, 5.74) is 5.70. The standard InChI is InChI=1S/C19H24N2/c1-15-7-6-8-16(2)18(15)13-21-12-11-20-19(14-21)17-9-4-3-5-10-17/h3-10,19-20H,11-14H2,1-2H3. The predicted molar refractivity (Wildman–Crippen MR) is 88.4 cm³/mol. The molecule has 21 heavy (non-hydrogen) atoms. The highest BCUT2D eigenvalue weighted by atomic mass is 15.2. The van der Waals surface area contributed by atoms with E-state index in [2.05, 4.69) is 72.6 Å². The normalized spacial score (nSPS) is 19.6. The van der Waals surface area contributed by atoms with E-state index in [0.717, 1.165) is 26.2 Å². The maximum atomic E-state index is 3.64. The number of hydrogen-bond donors (Lipinski definition) is 1. The third kappa shape index (κ3) is 3.34. The minimum atomic E-state index is 0.448. The van der Waals surface area contributed by atoms with Crippen molar-refractivity contribution in [2.45, 2.75) is 26.4 Å². The second-order valence-electron chi connectivity index (χ2n) is 6.02. The van der Waals surface area contributed by atoms with Gasteiger partial charge in [-0.2, -0.15) is 0 Å². The summed E-state index contributed by atoms with van der Waals surface area (Å²) in [4.78, 5) is 2.57. The highest BCUT2D eigenvalue weighted by Gasteiger charge is 2.21. The van der Waals surface area contributed by atoms with Gasteiger partial charge in [-0.1, -0.05) is 48.5 Å². The number of hydrogen-bond acceptors (Lipinski definition) is 2. The number of benzene rings is 2. The van der Waals surface area contributed by atoms with Crippen molar-refractivity contribution < 1.29 is 0 Å². The Bertz CT molecular complexity index is 572. The molecule has 110 valence electrons.